The fourth-order valence-corrected chi connectivity index (χ4v) is 10.0. The van der Waals surface area contributed by atoms with Crippen LogP contribution in [0.15, 0.2) is 24.3 Å². The maximum Gasteiger partial charge on any atom is 0.305 e. The number of carbonyl (C=O) groups is 2. The van der Waals surface area contributed by atoms with Crippen molar-refractivity contribution < 1.29 is 24.5 Å². The van der Waals surface area contributed by atoms with Crippen molar-refractivity contribution in [1.82, 2.24) is 5.32 Å². The van der Waals surface area contributed by atoms with Gasteiger partial charge in [0.25, 0.3) is 0 Å². The van der Waals surface area contributed by atoms with Gasteiger partial charge in [-0.2, -0.15) is 0 Å². The van der Waals surface area contributed by atoms with Crippen LogP contribution in [-0.4, -0.2) is 47.4 Å². The molecular formula is C65H125NO5. The zero-order valence-corrected chi connectivity index (χ0v) is 48.0. The third kappa shape index (κ3) is 57.5. The van der Waals surface area contributed by atoms with Crippen molar-refractivity contribution in [2.45, 2.75) is 366 Å². The summed E-state index contributed by atoms with van der Waals surface area (Å²) in [7, 11) is 0. The van der Waals surface area contributed by atoms with Gasteiger partial charge in [-0.05, 0) is 57.8 Å². The smallest absolute Gasteiger partial charge is 0.305 e. The number of hydrogen-bond acceptors (Lipinski definition) is 5. The maximum absolute atomic E-state index is 12.5. The summed E-state index contributed by atoms with van der Waals surface area (Å²) in [4.78, 5) is 24.5. The van der Waals surface area contributed by atoms with E-state index in [2.05, 4.69) is 31.3 Å². The maximum atomic E-state index is 12.5. The number of nitrogens with one attached hydrogen (secondary N) is 1. The first-order chi connectivity index (χ1) is 35.0. The summed E-state index contributed by atoms with van der Waals surface area (Å²) in [5.74, 6) is -0.0564. The molecule has 0 bridgehead atoms. The average molecular weight is 1000 g/mol. The normalized spacial score (nSPS) is 12.7. The second-order valence-corrected chi connectivity index (χ2v) is 22.1. The molecule has 6 nitrogen and oxygen atoms in total. The van der Waals surface area contributed by atoms with E-state index in [0.29, 0.717) is 19.4 Å². The van der Waals surface area contributed by atoms with E-state index in [0.717, 1.165) is 44.9 Å². The van der Waals surface area contributed by atoms with E-state index in [4.69, 9.17) is 4.74 Å². The molecule has 0 radical (unpaired) electrons. The molecule has 2 atom stereocenters. The SMILES string of the molecule is CCCCCCCCC/C=C\CCCCCCCC(=O)OCCCCCCCCCCCCCCCCCCCCCCCCCCCC(=O)NC(CO)C(O)/C=C/CCCCCCCCCCCCC. The van der Waals surface area contributed by atoms with Crippen molar-refractivity contribution in [1.29, 1.82) is 0 Å². The highest BCUT2D eigenvalue weighted by Gasteiger charge is 2.18. The molecule has 0 aromatic heterocycles. The lowest BCUT2D eigenvalue weighted by Gasteiger charge is -2.20. The monoisotopic (exact) mass is 1000 g/mol. The van der Waals surface area contributed by atoms with Crippen molar-refractivity contribution in [2.24, 2.45) is 0 Å². The Morgan fingerprint density at radius 3 is 1.00 bits per heavy atom. The molecule has 0 aliphatic heterocycles. The Hall–Kier alpha value is -1.66. The molecule has 3 N–H and O–H groups in total. The largest absolute Gasteiger partial charge is 0.466 e. The zero-order chi connectivity index (χ0) is 51.4. The van der Waals surface area contributed by atoms with Gasteiger partial charge in [0, 0.05) is 12.8 Å². The van der Waals surface area contributed by atoms with Crippen LogP contribution in [0.25, 0.3) is 0 Å². The average Bonchev–Trinajstić information content (AvgIpc) is 3.37. The van der Waals surface area contributed by atoms with Crippen LogP contribution in [0.2, 0.25) is 0 Å². The van der Waals surface area contributed by atoms with Crippen LogP contribution < -0.4 is 5.32 Å². The van der Waals surface area contributed by atoms with Crippen LogP contribution in [0.3, 0.4) is 0 Å². The van der Waals surface area contributed by atoms with Crippen molar-refractivity contribution in [3.63, 3.8) is 0 Å². The Balaban J connectivity index is 3.36. The van der Waals surface area contributed by atoms with E-state index < -0.39 is 12.1 Å². The van der Waals surface area contributed by atoms with Gasteiger partial charge in [0.2, 0.25) is 5.91 Å². The first kappa shape index (κ1) is 69.3. The van der Waals surface area contributed by atoms with Crippen molar-refractivity contribution in [2.75, 3.05) is 13.2 Å². The Morgan fingerprint density at radius 2 is 0.662 bits per heavy atom. The van der Waals surface area contributed by atoms with Gasteiger partial charge >= 0.3 is 5.97 Å². The standard InChI is InChI=1S/C65H125NO5/c1-3-5-7-9-11-13-15-17-18-31-35-39-43-47-51-55-59-65(70)71-60-56-52-48-44-40-36-32-29-27-25-23-21-19-20-22-24-26-28-30-34-38-42-46-50-54-58-64(69)66-62(61-67)63(68)57-53-49-45-41-37-33-16-14-12-10-8-6-4-2/h18,31,53,57,62-63,67-68H,3-17,19-30,32-52,54-56,58-61H2,1-2H3,(H,66,69)/b31-18-,57-53+. The molecule has 2 unspecified atom stereocenters. The summed E-state index contributed by atoms with van der Waals surface area (Å²) in [6.45, 7) is 4.91. The molecule has 0 aliphatic rings. The highest BCUT2D eigenvalue weighted by Crippen LogP contribution is 2.18. The minimum absolute atomic E-state index is 0.00891. The topological polar surface area (TPSA) is 95.9 Å². The molecule has 1 amide bonds. The Bertz CT molecular complexity index is 1110. The van der Waals surface area contributed by atoms with Gasteiger partial charge < -0.3 is 20.3 Å². The number of allylic oxidation sites excluding steroid dienone is 3. The number of ether oxygens (including phenoxy) is 1. The van der Waals surface area contributed by atoms with Crippen LogP contribution in [-0.2, 0) is 14.3 Å². The second-order valence-electron chi connectivity index (χ2n) is 22.1. The summed E-state index contributed by atoms with van der Waals surface area (Å²) in [5.41, 5.74) is 0. The molecular weight excluding hydrogens is 875 g/mol. The fourth-order valence-electron chi connectivity index (χ4n) is 10.0. The number of aliphatic hydroxyl groups excluding tert-OH is 2. The molecule has 71 heavy (non-hydrogen) atoms. The summed E-state index contributed by atoms with van der Waals surface area (Å²) < 4.78 is 5.49. The lowest BCUT2D eigenvalue weighted by Crippen LogP contribution is -2.45. The van der Waals surface area contributed by atoms with Gasteiger partial charge in [-0.15, -0.1) is 0 Å². The van der Waals surface area contributed by atoms with Gasteiger partial charge in [-0.1, -0.05) is 308 Å². The summed E-state index contributed by atoms with van der Waals surface area (Å²) >= 11 is 0. The molecule has 0 saturated carbocycles. The molecule has 6 heteroatoms. The highest BCUT2D eigenvalue weighted by molar-refractivity contribution is 5.76. The number of aliphatic hydroxyl groups is 2. The summed E-state index contributed by atoms with van der Waals surface area (Å²) in [6.07, 6.45) is 75.2. The number of rotatable bonds is 60. The summed E-state index contributed by atoms with van der Waals surface area (Å²) in [6, 6.07) is -0.625. The third-order valence-corrected chi connectivity index (χ3v) is 15.0. The molecule has 0 aromatic carbocycles. The molecule has 420 valence electrons. The van der Waals surface area contributed by atoms with Crippen LogP contribution >= 0.6 is 0 Å². The number of unbranched alkanes of at least 4 members (excludes halogenated alkanes) is 47. The molecule has 0 fully saturated rings. The van der Waals surface area contributed by atoms with Crippen molar-refractivity contribution in [3.05, 3.63) is 24.3 Å². The number of hydrogen-bond donors (Lipinski definition) is 3. The van der Waals surface area contributed by atoms with Crippen molar-refractivity contribution in [3.8, 4) is 0 Å². The van der Waals surface area contributed by atoms with Crippen LogP contribution in [0.1, 0.15) is 354 Å². The molecule has 0 heterocycles. The van der Waals surface area contributed by atoms with Crippen LogP contribution in [0, 0.1) is 0 Å². The fraction of sp³-hybridized carbons (Fsp3) is 0.908. The van der Waals surface area contributed by atoms with Crippen LogP contribution in [0.4, 0.5) is 0 Å². The van der Waals surface area contributed by atoms with E-state index in [1.165, 1.54) is 283 Å². The third-order valence-electron chi connectivity index (χ3n) is 15.0. The van der Waals surface area contributed by atoms with E-state index in [1.807, 2.05) is 6.08 Å². The Labute approximate surface area is 443 Å². The first-order valence-corrected chi connectivity index (χ1v) is 32.1. The van der Waals surface area contributed by atoms with E-state index >= 15 is 0 Å². The predicted octanol–water partition coefficient (Wildman–Crippen LogP) is 20.2. The van der Waals surface area contributed by atoms with E-state index in [1.54, 1.807) is 6.08 Å². The minimum Gasteiger partial charge on any atom is -0.466 e. The molecule has 0 spiro atoms. The quantitative estimate of drug-likeness (QED) is 0.0320. The lowest BCUT2D eigenvalue weighted by atomic mass is 10.0. The Morgan fingerprint density at radius 1 is 0.380 bits per heavy atom. The second kappa shape index (κ2) is 60.9. The molecule has 0 saturated heterocycles. The molecule has 0 aromatic rings. The first-order valence-electron chi connectivity index (χ1n) is 32.1. The Kier molecular flexibility index (Phi) is 59.5. The van der Waals surface area contributed by atoms with Gasteiger partial charge in [0.15, 0.2) is 0 Å². The molecule has 0 aliphatic carbocycles. The minimum atomic E-state index is -0.842. The van der Waals surface area contributed by atoms with Gasteiger partial charge in [-0.3, -0.25) is 9.59 Å². The zero-order valence-electron chi connectivity index (χ0n) is 48.0. The van der Waals surface area contributed by atoms with E-state index in [-0.39, 0.29) is 18.5 Å². The van der Waals surface area contributed by atoms with Crippen LogP contribution in [0.5, 0.6) is 0 Å². The van der Waals surface area contributed by atoms with Crippen molar-refractivity contribution >= 4 is 11.9 Å². The van der Waals surface area contributed by atoms with Gasteiger partial charge in [0.05, 0.1) is 25.4 Å². The van der Waals surface area contributed by atoms with E-state index in [9.17, 15) is 19.8 Å². The molecule has 0 rings (SSSR count). The van der Waals surface area contributed by atoms with Gasteiger partial charge in [0.1, 0.15) is 0 Å². The number of amides is 1. The highest BCUT2D eigenvalue weighted by atomic mass is 16.5. The summed E-state index contributed by atoms with van der Waals surface area (Å²) in [5, 5.41) is 23.1. The number of carbonyl (C=O) groups excluding carboxylic acids is 2. The van der Waals surface area contributed by atoms with Gasteiger partial charge in [-0.25, -0.2) is 0 Å². The lowest BCUT2D eigenvalue weighted by molar-refractivity contribution is -0.143. The number of esters is 1. The predicted molar refractivity (Wildman–Crippen MR) is 310 cm³/mol.